The summed E-state index contributed by atoms with van der Waals surface area (Å²) in [6, 6.07) is 23.8. The van der Waals surface area contributed by atoms with E-state index < -0.39 is 10.0 Å². The third kappa shape index (κ3) is 6.71. The van der Waals surface area contributed by atoms with Gasteiger partial charge in [-0.15, -0.1) is 0 Å². The van der Waals surface area contributed by atoms with Crippen LogP contribution in [0.25, 0.3) is 22.0 Å². The Kier molecular flexibility index (Phi) is 9.38. The Labute approximate surface area is 270 Å². The summed E-state index contributed by atoms with van der Waals surface area (Å²) in [6.45, 7) is 4.04. The van der Waals surface area contributed by atoms with Crippen molar-refractivity contribution in [3.8, 4) is 11.3 Å². The van der Waals surface area contributed by atoms with Crippen LogP contribution in [-0.4, -0.2) is 31.4 Å². The van der Waals surface area contributed by atoms with Crippen molar-refractivity contribution in [2.45, 2.75) is 95.0 Å². The van der Waals surface area contributed by atoms with Crippen LogP contribution < -0.4 is 9.62 Å². The van der Waals surface area contributed by atoms with Gasteiger partial charge in [0.2, 0.25) is 5.96 Å². The highest BCUT2D eigenvalue weighted by Gasteiger charge is 2.33. The van der Waals surface area contributed by atoms with Crippen molar-refractivity contribution >= 4 is 48.5 Å². The fourth-order valence-corrected chi connectivity index (χ4v) is 8.17. The number of halogens is 1. The molecule has 0 amide bonds. The molecule has 6 rings (SSSR count). The molecule has 0 saturated heterocycles. The smallest absolute Gasteiger partial charge is 0.264 e. The first kappa shape index (κ1) is 30.8. The summed E-state index contributed by atoms with van der Waals surface area (Å²) < 4.78 is 32.0. The Bertz CT molecular complexity index is 1740. The fraction of sp³-hybridized carbons (Fsp3) is 0.389. The van der Waals surface area contributed by atoms with Crippen molar-refractivity contribution in [3.63, 3.8) is 0 Å². The van der Waals surface area contributed by atoms with Crippen molar-refractivity contribution in [1.82, 2.24) is 9.71 Å². The SMILES string of the molecule is Cc1ccc(-c2nc(N(C(=NC3CCCCC3)NS(=O)(=O)c3ccc(C)cc3)C3CCCCC3)c3ccccc3c2Br)cc1. The maximum atomic E-state index is 14.0. The average Bonchev–Trinajstić information content (AvgIpc) is 3.04. The zero-order valence-electron chi connectivity index (χ0n) is 25.6. The van der Waals surface area contributed by atoms with Crippen LogP contribution in [0.2, 0.25) is 0 Å². The second-order valence-electron chi connectivity index (χ2n) is 12.3. The summed E-state index contributed by atoms with van der Waals surface area (Å²) in [6.07, 6.45) is 10.6. The summed E-state index contributed by atoms with van der Waals surface area (Å²) in [5.74, 6) is 1.13. The molecular formula is C36H41BrN4O2S. The number of nitrogens with zero attached hydrogens (tertiary/aromatic N) is 3. The van der Waals surface area contributed by atoms with Crippen molar-refractivity contribution in [3.05, 3.63) is 88.4 Å². The molecule has 2 saturated carbocycles. The number of pyridine rings is 1. The molecule has 4 aromatic rings. The number of benzene rings is 3. The van der Waals surface area contributed by atoms with E-state index in [1.807, 2.05) is 31.2 Å². The minimum atomic E-state index is -3.91. The third-order valence-corrected chi connectivity index (χ3v) is 11.1. The van der Waals surface area contributed by atoms with E-state index in [-0.39, 0.29) is 17.0 Å². The molecule has 2 aliphatic rings. The monoisotopic (exact) mass is 672 g/mol. The minimum absolute atomic E-state index is 0.0591. The lowest BCUT2D eigenvalue weighted by Gasteiger charge is -2.37. The number of sulfonamides is 1. The van der Waals surface area contributed by atoms with Gasteiger partial charge in [0.25, 0.3) is 10.0 Å². The molecule has 230 valence electrons. The Morgan fingerprint density at radius 1 is 0.795 bits per heavy atom. The van der Waals surface area contributed by atoms with E-state index in [4.69, 9.17) is 9.98 Å². The molecule has 0 atom stereocenters. The molecule has 2 fully saturated rings. The van der Waals surface area contributed by atoms with E-state index in [0.717, 1.165) is 89.3 Å². The first-order chi connectivity index (χ1) is 21.3. The van der Waals surface area contributed by atoms with Crippen LogP contribution in [0.4, 0.5) is 5.82 Å². The van der Waals surface area contributed by atoms with Crippen molar-refractivity contribution in [2.24, 2.45) is 4.99 Å². The summed E-state index contributed by atoms with van der Waals surface area (Å²) in [5, 5.41) is 2.00. The fourth-order valence-electron chi connectivity index (χ4n) is 6.50. The summed E-state index contributed by atoms with van der Waals surface area (Å²) in [7, 11) is -3.91. The van der Waals surface area contributed by atoms with Gasteiger partial charge in [0.1, 0.15) is 5.82 Å². The third-order valence-electron chi connectivity index (χ3n) is 8.99. The van der Waals surface area contributed by atoms with Crippen LogP contribution in [0.3, 0.4) is 0 Å². The molecule has 0 spiro atoms. The molecule has 44 heavy (non-hydrogen) atoms. The van der Waals surface area contributed by atoms with Gasteiger partial charge in [0.15, 0.2) is 0 Å². The Hall–Kier alpha value is -3.23. The number of guanidine groups is 1. The van der Waals surface area contributed by atoms with E-state index in [1.54, 1.807) is 12.1 Å². The van der Waals surface area contributed by atoms with Gasteiger partial charge in [0, 0.05) is 22.4 Å². The van der Waals surface area contributed by atoms with E-state index in [1.165, 1.54) is 18.4 Å². The van der Waals surface area contributed by atoms with Crippen LogP contribution >= 0.6 is 15.9 Å². The minimum Gasteiger partial charge on any atom is -0.293 e. The topological polar surface area (TPSA) is 74.7 Å². The van der Waals surface area contributed by atoms with Gasteiger partial charge < -0.3 is 0 Å². The Morgan fingerprint density at radius 2 is 1.36 bits per heavy atom. The second kappa shape index (κ2) is 13.4. The number of aryl methyl sites for hydroxylation is 2. The number of hydrogen-bond acceptors (Lipinski definition) is 4. The number of anilines is 1. The van der Waals surface area contributed by atoms with Crippen LogP contribution in [-0.2, 0) is 10.0 Å². The molecule has 6 nitrogen and oxygen atoms in total. The molecule has 0 bridgehead atoms. The van der Waals surface area contributed by atoms with Crippen molar-refractivity contribution in [1.29, 1.82) is 0 Å². The zero-order valence-corrected chi connectivity index (χ0v) is 28.0. The lowest BCUT2D eigenvalue weighted by Crippen LogP contribution is -2.51. The highest BCUT2D eigenvalue weighted by atomic mass is 79.9. The summed E-state index contributed by atoms with van der Waals surface area (Å²) in [4.78, 5) is 13.0. The van der Waals surface area contributed by atoms with Gasteiger partial charge in [-0.2, -0.15) is 0 Å². The number of rotatable bonds is 6. The number of fused-ring (bicyclic) bond motifs is 1. The zero-order chi connectivity index (χ0) is 30.7. The van der Waals surface area contributed by atoms with E-state index >= 15 is 0 Å². The van der Waals surface area contributed by atoms with E-state index in [9.17, 15) is 8.42 Å². The second-order valence-corrected chi connectivity index (χ2v) is 14.8. The standard InChI is InChI=1S/C36H41BrN4O2S/c1-25-17-21-27(22-18-25)34-33(37)31-15-9-10-16-32(31)35(39-34)41(29-13-7-4-8-14-29)36(38-28-11-5-3-6-12-28)40-44(42,43)30-23-19-26(2)20-24-30/h9-10,15-24,28-29H,3-8,11-14H2,1-2H3,(H,38,40). The largest absolute Gasteiger partial charge is 0.293 e. The van der Waals surface area contributed by atoms with Gasteiger partial charge >= 0.3 is 0 Å². The van der Waals surface area contributed by atoms with Crippen molar-refractivity contribution < 1.29 is 8.42 Å². The molecule has 1 aromatic heterocycles. The quantitative estimate of drug-likeness (QED) is 0.164. The number of nitrogens with one attached hydrogen (secondary N) is 1. The van der Waals surface area contributed by atoms with Crippen LogP contribution in [0, 0.1) is 13.8 Å². The van der Waals surface area contributed by atoms with Gasteiger partial charge in [0.05, 0.1) is 21.1 Å². The molecule has 2 aliphatic carbocycles. The van der Waals surface area contributed by atoms with Gasteiger partial charge in [-0.25, -0.2) is 23.1 Å². The van der Waals surface area contributed by atoms with Gasteiger partial charge in [-0.05, 0) is 67.6 Å². The molecule has 8 heteroatoms. The molecule has 0 unspecified atom stereocenters. The predicted molar refractivity (Wildman–Crippen MR) is 185 cm³/mol. The lowest BCUT2D eigenvalue weighted by molar-refractivity contribution is 0.428. The van der Waals surface area contributed by atoms with E-state index in [0.29, 0.717) is 5.96 Å². The predicted octanol–water partition coefficient (Wildman–Crippen LogP) is 9.09. The Morgan fingerprint density at radius 3 is 2.00 bits per heavy atom. The highest BCUT2D eigenvalue weighted by Crippen LogP contribution is 2.40. The van der Waals surface area contributed by atoms with Crippen LogP contribution in [0.5, 0.6) is 0 Å². The van der Waals surface area contributed by atoms with Gasteiger partial charge in [-0.3, -0.25) is 4.90 Å². The summed E-state index contributed by atoms with van der Waals surface area (Å²) >= 11 is 3.90. The van der Waals surface area contributed by atoms with Gasteiger partial charge in [-0.1, -0.05) is 110 Å². The van der Waals surface area contributed by atoms with Crippen molar-refractivity contribution in [2.75, 3.05) is 4.90 Å². The maximum absolute atomic E-state index is 14.0. The molecule has 1 heterocycles. The first-order valence-corrected chi connectivity index (χ1v) is 18.2. The van der Waals surface area contributed by atoms with Crippen LogP contribution in [0.1, 0.15) is 75.3 Å². The average molecular weight is 674 g/mol. The molecule has 0 radical (unpaired) electrons. The lowest BCUT2D eigenvalue weighted by atomic mass is 9.93. The first-order valence-electron chi connectivity index (χ1n) is 15.9. The summed E-state index contributed by atoms with van der Waals surface area (Å²) in [5.41, 5.74) is 4.03. The molecular weight excluding hydrogens is 632 g/mol. The molecule has 3 aromatic carbocycles. The number of aliphatic imine (C=N–C) groups is 1. The number of aromatic nitrogens is 1. The highest BCUT2D eigenvalue weighted by molar-refractivity contribution is 9.10. The van der Waals surface area contributed by atoms with Crippen LogP contribution in [0.15, 0.2) is 87.2 Å². The maximum Gasteiger partial charge on any atom is 0.264 e. The Balaban J connectivity index is 1.57. The van der Waals surface area contributed by atoms with E-state index in [2.05, 4.69) is 68.9 Å². The molecule has 1 N–H and O–H groups in total. The molecule has 0 aliphatic heterocycles. The number of hydrogen-bond donors (Lipinski definition) is 1. The normalized spacial score (nSPS) is 17.1.